The van der Waals surface area contributed by atoms with Gasteiger partial charge in [0.2, 0.25) is 5.78 Å². The van der Waals surface area contributed by atoms with E-state index in [1.54, 1.807) is 6.07 Å². The molecule has 3 nitrogen and oxygen atoms in total. The van der Waals surface area contributed by atoms with Crippen LogP contribution in [-0.4, -0.2) is 5.78 Å². The molecule has 0 aliphatic rings. The van der Waals surface area contributed by atoms with Crippen molar-refractivity contribution in [2.75, 3.05) is 0 Å². The van der Waals surface area contributed by atoms with Gasteiger partial charge in [-0.15, -0.1) is 11.3 Å². The van der Waals surface area contributed by atoms with Gasteiger partial charge in [0, 0.05) is 10.3 Å². The van der Waals surface area contributed by atoms with Crippen LogP contribution in [0.2, 0.25) is 0 Å². The number of furan rings is 1. The molecular weight excluding hydrogens is 246 g/mol. The average Bonchev–Trinajstić information content (AvgIpc) is 3.05. The highest BCUT2D eigenvalue weighted by Crippen LogP contribution is 2.25. The van der Waals surface area contributed by atoms with Gasteiger partial charge in [-0.1, -0.05) is 24.3 Å². The fourth-order valence-corrected chi connectivity index (χ4v) is 2.58. The molecule has 1 atom stereocenters. The monoisotopic (exact) mass is 257 g/mol. The van der Waals surface area contributed by atoms with Crippen molar-refractivity contribution in [3.05, 3.63) is 58.5 Å². The topological polar surface area (TPSA) is 56.2 Å². The second-order valence-corrected chi connectivity index (χ2v) is 4.99. The van der Waals surface area contributed by atoms with E-state index in [4.69, 9.17) is 10.2 Å². The lowest BCUT2D eigenvalue weighted by molar-refractivity contribution is 0.0937. The second-order valence-electron chi connectivity index (χ2n) is 4.01. The predicted octanol–water partition coefficient (Wildman–Crippen LogP) is 3.38. The number of carbonyl (C=O) groups excluding carboxylic acids is 1. The maximum atomic E-state index is 12.2. The Balaban J connectivity index is 1.97. The highest BCUT2D eigenvalue weighted by Gasteiger charge is 2.21. The van der Waals surface area contributed by atoms with Gasteiger partial charge in [0.05, 0.1) is 0 Å². The molecule has 3 rings (SSSR count). The van der Waals surface area contributed by atoms with E-state index in [2.05, 4.69) is 0 Å². The number of ketones is 1. The maximum absolute atomic E-state index is 12.2. The third kappa shape index (κ3) is 1.85. The summed E-state index contributed by atoms with van der Waals surface area (Å²) in [4.78, 5) is 13.0. The molecule has 18 heavy (non-hydrogen) atoms. The molecule has 1 aromatic carbocycles. The van der Waals surface area contributed by atoms with E-state index in [9.17, 15) is 4.79 Å². The molecular formula is C14H11NO2S. The van der Waals surface area contributed by atoms with Crippen molar-refractivity contribution >= 4 is 28.1 Å². The summed E-state index contributed by atoms with van der Waals surface area (Å²) in [5.74, 6) is 0.130. The SMILES string of the molecule is NC(C(=O)c1cc2ccccc2o1)c1cccs1. The summed E-state index contributed by atoms with van der Waals surface area (Å²) in [5, 5.41) is 2.82. The fraction of sp³-hybridized carbons (Fsp3) is 0.0714. The van der Waals surface area contributed by atoms with E-state index in [-0.39, 0.29) is 5.78 Å². The van der Waals surface area contributed by atoms with Crippen molar-refractivity contribution in [3.8, 4) is 0 Å². The molecule has 2 N–H and O–H groups in total. The van der Waals surface area contributed by atoms with Gasteiger partial charge in [-0.05, 0) is 23.6 Å². The first-order valence-electron chi connectivity index (χ1n) is 5.57. The molecule has 1 unspecified atom stereocenters. The molecule has 2 aromatic heterocycles. The van der Waals surface area contributed by atoms with Crippen LogP contribution in [-0.2, 0) is 0 Å². The Morgan fingerprint density at radius 3 is 2.78 bits per heavy atom. The van der Waals surface area contributed by atoms with E-state index in [1.165, 1.54) is 11.3 Å². The van der Waals surface area contributed by atoms with Gasteiger partial charge in [-0.25, -0.2) is 0 Å². The number of fused-ring (bicyclic) bond motifs is 1. The van der Waals surface area contributed by atoms with Crippen molar-refractivity contribution in [2.24, 2.45) is 5.73 Å². The van der Waals surface area contributed by atoms with Gasteiger partial charge >= 0.3 is 0 Å². The van der Waals surface area contributed by atoms with Crippen LogP contribution in [0.3, 0.4) is 0 Å². The lowest BCUT2D eigenvalue weighted by atomic mass is 10.1. The molecule has 0 amide bonds. The Kier molecular flexibility index (Phi) is 2.74. The molecule has 0 fully saturated rings. The van der Waals surface area contributed by atoms with E-state index in [1.807, 2.05) is 41.8 Å². The van der Waals surface area contributed by atoms with Crippen LogP contribution in [0.25, 0.3) is 11.0 Å². The fourth-order valence-electron chi connectivity index (χ4n) is 1.85. The zero-order valence-corrected chi connectivity index (χ0v) is 10.3. The largest absolute Gasteiger partial charge is 0.453 e. The van der Waals surface area contributed by atoms with Crippen molar-refractivity contribution in [1.29, 1.82) is 0 Å². The number of thiophene rings is 1. The van der Waals surface area contributed by atoms with Crippen LogP contribution in [0.1, 0.15) is 21.5 Å². The van der Waals surface area contributed by atoms with Crippen LogP contribution in [0, 0.1) is 0 Å². The molecule has 0 saturated heterocycles. The lowest BCUT2D eigenvalue weighted by Gasteiger charge is -2.05. The molecule has 2 heterocycles. The minimum atomic E-state index is -0.648. The maximum Gasteiger partial charge on any atom is 0.219 e. The lowest BCUT2D eigenvalue weighted by Crippen LogP contribution is -2.19. The average molecular weight is 257 g/mol. The van der Waals surface area contributed by atoms with Gasteiger partial charge in [0.1, 0.15) is 11.6 Å². The van der Waals surface area contributed by atoms with Crippen LogP contribution in [0.4, 0.5) is 0 Å². The Labute approximate surface area is 108 Å². The third-order valence-corrected chi connectivity index (χ3v) is 3.76. The minimum absolute atomic E-state index is 0.186. The van der Waals surface area contributed by atoms with Crippen molar-refractivity contribution in [1.82, 2.24) is 0 Å². The van der Waals surface area contributed by atoms with Gasteiger partial charge in [-0.2, -0.15) is 0 Å². The number of hydrogen-bond donors (Lipinski definition) is 1. The summed E-state index contributed by atoms with van der Waals surface area (Å²) in [6.45, 7) is 0. The Bertz CT molecular complexity index is 652. The number of benzene rings is 1. The van der Waals surface area contributed by atoms with Crippen molar-refractivity contribution < 1.29 is 9.21 Å². The highest BCUT2D eigenvalue weighted by molar-refractivity contribution is 7.10. The van der Waals surface area contributed by atoms with Crippen LogP contribution in [0.15, 0.2) is 52.3 Å². The number of rotatable bonds is 3. The summed E-state index contributed by atoms with van der Waals surface area (Å²) in [5.41, 5.74) is 6.65. The van der Waals surface area contributed by atoms with Crippen LogP contribution in [0.5, 0.6) is 0 Å². The van der Waals surface area contributed by atoms with Gasteiger partial charge in [-0.3, -0.25) is 4.79 Å². The summed E-state index contributed by atoms with van der Waals surface area (Å²) in [6, 6.07) is 12.4. The van der Waals surface area contributed by atoms with Gasteiger partial charge < -0.3 is 10.2 Å². The Hall–Kier alpha value is -1.91. The summed E-state index contributed by atoms with van der Waals surface area (Å²) in [7, 11) is 0. The zero-order valence-electron chi connectivity index (χ0n) is 9.50. The van der Waals surface area contributed by atoms with Gasteiger partial charge in [0.25, 0.3) is 0 Å². The predicted molar refractivity (Wildman–Crippen MR) is 71.8 cm³/mol. The van der Waals surface area contributed by atoms with Crippen molar-refractivity contribution in [2.45, 2.75) is 6.04 Å². The van der Waals surface area contributed by atoms with E-state index < -0.39 is 6.04 Å². The number of carbonyl (C=O) groups is 1. The number of Topliss-reactive ketones (excluding diaryl/α,β-unsaturated/α-hetero) is 1. The first kappa shape index (κ1) is 11.2. The van der Waals surface area contributed by atoms with Gasteiger partial charge in [0.15, 0.2) is 5.76 Å². The minimum Gasteiger partial charge on any atom is -0.453 e. The zero-order chi connectivity index (χ0) is 12.5. The molecule has 0 bridgehead atoms. The quantitative estimate of drug-likeness (QED) is 0.732. The first-order valence-corrected chi connectivity index (χ1v) is 6.45. The van der Waals surface area contributed by atoms with E-state index in [0.717, 1.165) is 10.3 Å². The molecule has 0 aliphatic carbocycles. The van der Waals surface area contributed by atoms with Crippen molar-refractivity contribution in [3.63, 3.8) is 0 Å². The van der Waals surface area contributed by atoms with Crippen LogP contribution < -0.4 is 5.73 Å². The van der Waals surface area contributed by atoms with E-state index in [0.29, 0.717) is 11.3 Å². The van der Waals surface area contributed by atoms with E-state index >= 15 is 0 Å². The summed E-state index contributed by atoms with van der Waals surface area (Å²) < 4.78 is 5.52. The Morgan fingerprint density at radius 2 is 2.06 bits per heavy atom. The molecule has 4 heteroatoms. The summed E-state index contributed by atoms with van der Waals surface area (Å²) >= 11 is 1.47. The molecule has 0 radical (unpaired) electrons. The summed E-state index contributed by atoms with van der Waals surface area (Å²) in [6.07, 6.45) is 0. The third-order valence-electron chi connectivity index (χ3n) is 2.80. The standard InChI is InChI=1S/C14H11NO2S/c15-13(12-6-3-7-18-12)14(16)11-8-9-4-1-2-5-10(9)17-11/h1-8,13H,15H2. The van der Waals surface area contributed by atoms with Crippen LogP contribution >= 0.6 is 11.3 Å². The first-order chi connectivity index (χ1) is 8.75. The molecule has 90 valence electrons. The highest BCUT2D eigenvalue weighted by atomic mass is 32.1. The molecule has 0 spiro atoms. The molecule has 3 aromatic rings. The number of hydrogen-bond acceptors (Lipinski definition) is 4. The normalized spacial score (nSPS) is 12.7. The molecule has 0 saturated carbocycles. The number of para-hydroxylation sites is 1. The number of nitrogens with two attached hydrogens (primary N) is 1. The smallest absolute Gasteiger partial charge is 0.219 e. The Morgan fingerprint density at radius 1 is 1.22 bits per heavy atom. The second kappa shape index (κ2) is 4.40. The molecule has 0 aliphatic heterocycles.